The van der Waals surface area contributed by atoms with Crippen LogP contribution in [-0.2, 0) is 13.1 Å². The first kappa shape index (κ1) is 14.6. The summed E-state index contributed by atoms with van der Waals surface area (Å²) in [5.74, 6) is 1.94. The highest BCUT2D eigenvalue weighted by molar-refractivity contribution is 5.35. The first-order chi connectivity index (χ1) is 9.69. The Hall–Kier alpha value is -1.81. The van der Waals surface area contributed by atoms with Crippen molar-refractivity contribution in [3.63, 3.8) is 0 Å². The zero-order chi connectivity index (χ0) is 14.4. The van der Waals surface area contributed by atoms with Gasteiger partial charge in [0.15, 0.2) is 0 Å². The predicted molar refractivity (Wildman–Crippen MR) is 81.6 cm³/mol. The van der Waals surface area contributed by atoms with Gasteiger partial charge in [-0.1, -0.05) is 13.0 Å². The van der Waals surface area contributed by atoms with Gasteiger partial charge >= 0.3 is 0 Å². The predicted octanol–water partition coefficient (Wildman–Crippen LogP) is 3.44. The number of aryl methyl sites for hydroxylation is 1. The highest BCUT2D eigenvalue weighted by Crippen LogP contribution is 2.13. The lowest BCUT2D eigenvalue weighted by molar-refractivity contribution is 0.316. The number of nitrogens with one attached hydrogen (secondary N) is 1. The smallest absolute Gasteiger partial charge is 0.125 e. The lowest BCUT2D eigenvalue weighted by Crippen LogP contribution is -2.17. The Labute approximate surface area is 120 Å². The average molecular weight is 273 g/mol. The molecule has 0 radical (unpaired) electrons. The Morgan fingerprint density at radius 3 is 2.70 bits per heavy atom. The summed E-state index contributed by atoms with van der Waals surface area (Å²) in [7, 11) is 2.11. The minimum Gasteiger partial charge on any atom is -0.469 e. The van der Waals surface area contributed by atoms with Crippen molar-refractivity contribution in [1.82, 2.24) is 9.88 Å². The third-order valence-corrected chi connectivity index (χ3v) is 3.24. The number of rotatable bonds is 7. The summed E-state index contributed by atoms with van der Waals surface area (Å²) in [6, 6.07) is 6.20. The fourth-order valence-corrected chi connectivity index (χ4v) is 2.11. The van der Waals surface area contributed by atoms with Crippen molar-refractivity contribution in [2.24, 2.45) is 0 Å². The molecular weight excluding hydrogens is 250 g/mol. The molecule has 0 aliphatic heterocycles. The van der Waals surface area contributed by atoms with Gasteiger partial charge < -0.3 is 9.73 Å². The molecule has 4 heteroatoms. The number of pyridine rings is 1. The maximum absolute atomic E-state index is 5.32. The third-order valence-electron chi connectivity index (χ3n) is 3.24. The van der Waals surface area contributed by atoms with E-state index >= 15 is 0 Å². The van der Waals surface area contributed by atoms with E-state index in [1.807, 2.05) is 25.3 Å². The molecule has 0 aliphatic rings. The number of nitrogens with zero attached hydrogens (tertiary/aromatic N) is 2. The van der Waals surface area contributed by atoms with Gasteiger partial charge in [-0.25, -0.2) is 4.98 Å². The molecule has 1 N–H and O–H groups in total. The first-order valence-corrected chi connectivity index (χ1v) is 7.09. The van der Waals surface area contributed by atoms with Crippen LogP contribution in [0.1, 0.15) is 30.2 Å². The molecule has 2 aromatic heterocycles. The lowest BCUT2D eigenvalue weighted by atomic mass is 10.2. The summed E-state index contributed by atoms with van der Waals surface area (Å²) in [4.78, 5) is 6.69. The summed E-state index contributed by atoms with van der Waals surface area (Å²) in [5.41, 5.74) is 2.46. The second-order valence-electron chi connectivity index (χ2n) is 5.15. The summed E-state index contributed by atoms with van der Waals surface area (Å²) in [6.07, 6.45) is 4.79. The van der Waals surface area contributed by atoms with Gasteiger partial charge in [0.1, 0.15) is 11.6 Å². The molecular formula is C16H23N3O. The normalized spacial score (nSPS) is 11.0. The fraction of sp³-hybridized carbons (Fsp3) is 0.438. The Balaban J connectivity index is 1.87. The van der Waals surface area contributed by atoms with E-state index in [2.05, 4.69) is 35.2 Å². The molecule has 0 fully saturated rings. The SMILES string of the molecule is CCCNc1ccc(CN(C)Cc2ccoc2C)cn1. The highest BCUT2D eigenvalue weighted by atomic mass is 16.3. The molecule has 20 heavy (non-hydrogen) atoms. The van der Waals surface area contributed by atoms with Gasteiger partial charge in [0.2, 0.25) is 0 Å². The molecule has 108 valence electrons. The number of anilines is 1. The Morgan fingerprint density at radius 1 is 1.25 bits per heavy atom. The topological polar surface area (TPSA) is 41.3 Å². The van der Waals surface area contributed by atoms with Crippen LogP contribution in [0.25, 0.3) is 0 Å². The van der Waals surface area contributed by atoms with Crippen LogP contribution in [0.3, 0.4) is 0 Å². The standard InChI is InChI=1S/C16H23N3O/c1-4-8-17-16-6-5-14(10-18-16)11-19(3)12-15-7-9-20-13(15)2/h5-7,9-10H,4,8,11-12H2,1-3H3,(H,17,18). The zero-order valence-corrected chi connectivity index (χ0v) is 12.5. The second-order valence-corrected chi connectivity index (χ2v) is 5.15. The fourth-order valence-electron chi connectivity index (χ4n) is 2.11. The lowest BCUT2D eigenvalue weighted by Gasteiger charge is -2.16. The highest BCUT2D eigenvalue weighted by Gasteiger charge is 2.06. The van der Waals surface area contributed by atoms with Crippen LogP contribution in [0.4, 0.5) is 5.82 Å². The van der Waals surface area contributed by atoms with Crippen LogP contribution >= 0.6 is 0 Å². The van der Waals surface area contributed by atoms with Gasteiger partial charge in [0, 0.05) is 31.4 Å². The molecule has 0 amide bonds. The van der Waals surface area contributed by atoms with E-state index < -0.39 is 0 Å². The quantitative estimate of drug-likeness (QED) is 0.839. The minimum absolute atomic E-state index is 0.881. The van der Waals surface area contributed by atoms with Gasteiger partial charge in [-0.2, -0.15) is 0 Å². The molecule has 0 unspecified atom stereocenters. The summed E-state index contributed by atoms with van der Waals surface area (Å²) in [6.45, 7) is 6.88. The van der Waals surface area contributed by atoms with Crippen LogP contribution in [0.2, 0.25) is 0 Å². The maximum atomic E-state index is 5.32. The monoisotopic (exact) mass is 273 g/mol. The van der Waals surface area contributed by atoms with Crippen molar-refractivity contribution in [1.29, 1.82) is 0 Å². The van der Waals surface area contributed by atoms with Crippen LogP contribution in [0.15, 0.2) is 35.1 Å². The van der Waals surface area contributed by atoms with E-state index in [1.54, 1.807) is 6.26 Å². The van der Waals surface area contributed by atoms with Gasteiger partial charge in [0.05, 0.1) is 6.26 Å². The van der Waals surface area contributed by atoms with Crippen LogP contribution < -0.4 is 5.32 Å². The number of hydrogen-bond acceptors (Lipinski definition) is 4. The average Bonchev–Trinajstić information content (AvgIpc) is 2.83. The first-order valence-electron chi connectivity index (χ1n) is 7.09. The second kappa shape index (κ2) is 7.10. The van der Waals surface area contributed by atoms with E-state index in [1.165, 1.54) is 11.1 Å². The van der Waals surface area contributed by atoms with E-state index in [4.69, 9.17) is 4.42 Å². The summed E-state index contributed by atoms with van der Waals surface area (Å²) >= 11 is 0. The Bertz CT molecular complexity index is 519. The molecule has 0 atom stereocenters. The number of furan rings is 1. The van der Waals surface area contributed by atoms with Crippen LogP contribution in [0, 0.1) is 6.92 Å². The molecule has 0 spiro atoms. The summed E-state index contributed by atoms with van der Waals surface area (Å²) in [5, 5.41) is 3.28. The van der Waals surface area contributed by atoms with Crippen molar-refractivity contribution in [3.05, 3.63) is 47.5 Å². The van der Waals surface area contributed by atoms with E-state index in [0.29, 0.717) is 0 Å². The molecule has 0 aliphatic carbocycles. The van der Waals surface area contributed by atoms with Gasteiger partial charge in [-0.3, -0.25) is 4.90 Å². The molecule has 2 heterocycles. The largest absolute Gasteiger partial charge is 0.469 e. The third kappa shape index (κ3) is 4.10. The Kier molecular flexibility index (Phi) is 5.18. The molecule has 2 aromatic rings. The van der Waals surface area contributed by atoms with Gasteiger partial charge in [0.25, 0.3) is 0 Å². The van der Waals surface area contributed by atoms with Crippen LogP contribution in [-0.4, -0.2) is 23.5 Å². The molecule has 0 aromatic carbocycles. The summed E-state index contributed by atoms with van der Waals surface area (Å²) < 4.78 is 5.32. The van der Waals surface area contributed by atoms with E-state index in [0.717, 1.165) is 37.6 Å². The molecule has 0 saturated heterocycles. The molecule has 2 rings (SSSR count). The van der Waals surface area contributed by atoms with Crippen molar-refractivity contribution >= 4 is 5.82 Å². The minimum atomic E-state index is 0.881. The van der Waals surface area contributed by atoms with Crippen molar-refractivity contribution in [2.75, 3.05) is 18.9 Å². The molecule has 0 saturated carbocycles. The van der Waals surface area contributed by atoms with Crippen LogP contribution in [0.5, 0.6) is 0 Å². The number of aromatic nitrogens is 1. The van der Waals surface area contributed by atoms with Crippen molar-refractivity contribution < 1.29 is 4.42 Å². The Morgan fingerprint density at radius 2 is 2.10 bits per heavy atom. The maximum Gasteiger partial charge on any atom is 0.125 e. The zero-order valence-electron chi connectivity index (χ0n) is 12.5. The van der Waals surface area contributed by atoms with Crippen molar-refractivity contribution in [3.8, 4) is 0 Å². The van der Waals surface area contributed by atoms with Gasteiger partial charge in [-0.15, -0.1) is 0 Å². The van der Waals surface area contributed by atoms with Gasteiger partial charge in [-0.05, 0) is 38.1 Å². The van der Waals surface area contributed by atoms with E-state index in [9.17, 15) is 0 Å². The van der Waals surface area contributed by atoms with E-state index in [-0.39, 0.29) is 0 Å². The van der Waals surface area contributed by atoms with Crippen molar-refractivity contribution in [2.45, 2.75) is 33.4 Å². The number of hydrogen-bond donors (Lipinski definition) is 1. The molecule has 0 bridgehead atoms. The molecule has 4 nitrogen and oxygen atoms in total.